The maximum atomic E-state index is 12.7. The van der Waals surface area contributed by atoms with E-state index in [1.165, 1.54) is 0 Å². The third kappa shape index (κ3) is 2.76. The molecule has 2 aromatic heterocycles. The maximum Gasteiger partial charge on any atom is 0.243 e. The van der Waals surface area contributed by atoms with Crippen molar-refractivity contribution in [3.05, 3.63) is 60.7 Å². The van der Waals surface area contributed by atoms with Crippen molar-refractivity contribution >= 4 is 28.0 Å². The third-order valence-electron chi connectivity index (χ3n) is 4.45. The zero-order valence-corrected chi connectivity index (χ0v) is 14.1. The fourth-order valence-corrected chi connectivity index (χ4v) is 2.99. The van der Waals surface area contributed by atoms with E-state index in [1.807, 2.05) is 66.9 Å². The predicted molar refractivity (Wildman–Crippen MR) is 97.1 cm³/mol. The molecule has 0 bridgehead atoms. The molecule has 1 amide bonds. The minimum atomic E-state index is -0.362. The Labute approximate surface area is 144 Å². The van der Waals surface area contributed by atoms with Gasteiger partial charge in [-0.3, -0.25) is 4.79 Å². The first-order chi connectivity index (χ1) is 12.1. The lowest BCUT2D eigenvalue weighted by atomic mass is 10.2. The second kappa shape index (κ2) is 6.05. The molecule has 4 rings (SSSR count). The van der Waals surface area contributed by atoms with Crippen LogP contribution >= 0.6 is 0 Å². The van der Waals surface area contributed by atoms with Gasteiger partial charge in [-0.1, -0.05) is 24.3 Å². The first-order valence-electron chi connectivity index (χ1n) is 8.30. The molecule has 0 fully saturated rings. The summed E-state index contributed by atoms with van der Waals surface area (Å²) in [6.07, 6.45) is 1.71. The van der Waals surface area contributed by atoms with E-state index in [9.17, 15) is 4.79 Å². The lowest BCUT2D eigenvalue weighted by Crippen LogP contribution is -2.33. The van der Waals surface area contributed by atoms with E-state index < -0.39 is 0 Å². The number of benzene rings is 2. The number of nitrogens with one attached hydrogen (secondary N) is 2. The number of imidazole rings is 2. The van der Waals surface area contributed by atoms with Gasteiger partial charge in [-0.05, 0) is 38.1 Å². The Bertz CT molecular complexity index is 1020. The number of carbonyl (C=O) groups is 1. The van der Waals surface area contributed by atoms with Gasteiger partial charge < -0.3 is 14.9 Å². The SMILES string of the molecule is C[C@@H](NC(=O)[C@H](C)n1cnc2ccccc21)c1nc2ccccc2[nH]1. The van der Waals surface area contributed by atoms with Gasteiger partial charge in [-0.25, -0.2) is 9.97 Å². The Hall–Kier alpha value is -3.15. The van der Waals surface area contributed by atoms with Crippen LogP contribution in [0.15, 0.2) is 54.9 Å². The Morgan fingerprint density at radius 1 is 1.08 bits per heavy atom. The summed E-state index contributed by atoms with van der Waals surface area (Å²) in [6, 6.07) is 15.0. The molecule has 0 aliphatic carbocycles. The van der Waals surface area contributed by atoms with Crippen molar-refractivity contribution in [1.82, 2.24) is 24.8 Å². The first kappa shape index (κ1) is 15.4. The summed E-state index contributed by atoms with van der Waals surface area (Å²) in [5.74, 6) is 0.674. The molecule has 0 aliphatic rings. The molecule has 2 aromatic carbocycles. The Balaban J connectivity index is 1.54. The molecule has 126 valence electrons. The smallest absolute Gasteiger partial charge is 0.243 e. The highest BCUT2D eigenvalue weighted by molar-refractivity contribution is 5.84. The third-order valence-corrected chi connectivity index (χ3v) is 4.45. The summed E-state index contributed by atoms with van der Waals surface area (Å²) < 4.78 is 1.88. The topological polar surface area (TPSA) is 75.6 Å². The molecule has 6 nitrogen and oxygen atoms in total. The van der Waals surface area contributed by atoms with E-state index in [0.717, 1.165) is 27.9 Å². The van der Waals surface area contributed by atoms with Crippen molar-refractivity contribution in [2.45, 2.75) is 25.9 Å². The largest absolute Gasteiger partial charge is 0.345 e. The van der Waals surface area contributed by atoms with E-state index in [0.29, 0.717) is 0 Å². The molecule has 0 spiro atoms. The minimum Gasteiger partial charge on any atom is -0.345 e. The molecular weight excluding hydrogens is 314 g/mol. The van der Waals surface area contributed by atoms with Crippen LogP contribution in [0.1, 0.15) is 31.8 Å². The number of amides is 1. The van der Waals surface area contributed by atoms with Gasteiger partial charge in [0.05, 0.1) is 34.4 Å². The molecule has 6 heteroatoms. The molecule has 25 heavy (non-hydrogen) atoms. The van der Waals surface area contributed by atoms with E-state index >= 15 is 0 Å². The number of nitrogens with zero attached hydrogens (tertiary/aromatic N) is 3. The van der Waals surface area contributed by atoms with Crippen LogP contribution in [0.25, 0.3) is 22.1 Å². The van der Waals surface area contributed by atoms with E-state index in [2.05, 4.69) is 20.3 Å². The zero-order valence-electron chi connectivity index (χ0n) is 14.1. The Morgan fingerprint density at radius 3 is 2.60 bits per heavy atom. The predicted octanol–water partition coefficient (Wildman–Crippen LogP) is 3.35. The van der Waals surface area contributed by atoms with Crippen molar-refractivity contribution in [2.75, 3.05) is 0 Å². The van der Waals surface area contributed by atoms with Crippen molar-refractivity contribution < 1.29 is 4.79 Å². The average Bonchev–Trinajstić information content (AvgIpc) is 3.25. The number of hydrogen-bond acceptors (Lipinski definition) is 3. The molecule has 2 N–H and O–H groups in total. The summed E-state index contributed by atoms with van der Waals surface area (Å²) in [7, 11) is 0. The zero-order chi connectivity index (χ0) is 17.4. The highest BCUT2D eigenvalue weighted by Gasteiger charge is 2.20. The van der Waals surface area contributed by atoms with Crippen molar-refractivity contribution in [1.29, 1.82) is 0 Å². The van der Waals surface area contributed by atoms with Gasteiger partial charge in [-0.2, -0.15) is 0 Å². The van der Waals surface area contributed by atoms with Crippen LogP contribution in [-0.2, 0) is 4.79 Å². The summed E-state index contributed by atoms with van der Waals surface area (Å²) in [4.78, 5) is 24.8. The van der Waals surface area contributed by atoms with Crippen LogP contribution in [0.3, 0.4) is 0 Å². The van der Waals surface area contributed by atoms with Crippen molar-refractivity contribution in [3.8, 4) is 0 Å². The molecule has 0 saturated heterocycles. The molecule has 0 aliphatic heterocycles. The fourth-order valence-electron chi connectivity index (χ4n) is 2.99. The fraction of sp³-hybridized carbons (Fsp3) is 0.211. The van der Waals surface area contributed by atoms with Crippen LogP contribution in [0.2, 0.25) is 0 Å². The number of carbonyl (C=O) groups excluding carboxylic acids is 1. The highest BCUT2D eigenvalue weighted by Crippen LogP contribution is 2.19. The molecule has 2 atom stereocenters. The summed E-state index contributed by atoms with van der Waals surface area (Å²) in [6.45, 7) is 3.79. The molecule has 4 aromatic rings. The highest BCUT2D eigenvalue weighted by atomic mass is 16.2. The number of aromatic amines is 1. The quantitative estimate of drug-likeness (QED) is 0.601. The summed E-state index contributed by atoms with van der Waals surface area (Å²) in [5.41, 5.74) is 3.69. The summed E-state index contributed by atoms with van der Waals surface area (Å²) in [5, 5.41) is 3.03. The van der Waals surface area contributed by atoms with Gasteiger partial charge in [0.15, 0.2) is 0 Å². The van der Waals surface area contributed by atoms with Crippen LogP contribution in [0.4, 0.5) is 0 Å². The standard InChI is InChI=1S/C19H19N5O/c1-12(18-22-14-7-3-4-8-15(14)23-18)21-19(25)13(2)24-11-20-16-9-5-6-10-17(16)24/h3-13H,1-2H3,(H,21,25)(H,22,23)/t12-,13+/m1/s1. The van der Waals surface area contributed by atoms with Crippen molar-refractivity contribution in [3.63, 3.8) is 0 Å². The monoisotopic (exact) mass is 333 g/mol. The Kier molecular flexibility index (Phi) is 3.72. The molecule has 2 heterocycles. The lowest BCUT2D eigenvalue weighted by Gasteiger charge is -2.17. The van der Waals surface area contributed by atoms with E-state index in [-0.39, 0.29) is 18.0 Å². The molecular formula is C19H19N5O. The number of aromatic nitrogens is 4. The number of para-hydroxylation sites is 4. The second-order valence-electron chi connectivity index (χ2n) is 6.19. The second-order valence-corrected chi connectivity index (χ2v) is 6.19. The van der Waals surface area contributed by atoms with E-state index in [1.54, 1.807) is 6.33 Å². The van der Waals surface area contributed by atoms with Gasteiger partial charge in [0.1, 0.15) is 11.9 Å². The van der Waals surface area contributed by atoms with Crippen LogP contribution in [0.5, 0.6) is 0 Å². The average molecular weight is 333 g/mol. The maximum absolute atomic E-state index is 12.7. The number of rotatable bonds is 4. The lowest BCUT2D eigenvalue weighted by molar-refractivity contribution is -0.124. The van der Waals surface area contributed by atoms with Crippen molar-refractivity contribution in [2.24, 2.45) is 0 Å². The number of hydrogen-bond donors (Lipinski definition) is 2. The van der Waals surface area contributed by atoms with Gasteiger partial charge in [0.2, 0.25) is 5.91 Å². The first-order valence-corrected chi connectivity index (χ1v) is 8.30. The molecule has 0 radical (unpaired) electrons. The molecule has 0 saturated carbocycles. The number of fused-ring (bicyclic) bond motifs is 2. The Morgan fingerprint density at radius 2 is 1.80 bits per heavy atom. The van der Waals surface area contributed by atoms with Crippen LogP contribution in [0, 0.1) is 0 Å². The van der Waals surface area contributed by atoms with Gasteiger partial charge >= 0.3 is 0 Å². The minimum absolute atomic E-state index is 0.0730. The molecule has 0 unspecified atom stereocenters. The number of H-pyrrole nitrogens is 1. The van der Waals surface area contributed by atoms with E-state index in [4.69, 9.17) is 0 Å². The van der Waals surface area contributed by atoms with Gasteiger partial charge in [0.25, 0.3) is 0 Å². The summed E-state index contributed by atoms with van der Waals surface area (Å²) >= 11 is 0. The normalized spacial score (nSPS) is 13.8. The van der Waals surface area contributed by atoms with Gasteiger partial charge in [-0.15, -0.1) is 0 Å². The van der Waals surface area contributed by atoms with Gasteiger partial charge in [0, 0.05) is 0 Å². The van der Waals surface area contributed by atoms with Crippen LogP contribution < -0.4 is 5.32 Å². The van der Waals surface area contributed by atoms with Crippen LogP contribution in [-0.4, -0.2) is 25.4 Å².